The number of halogens is 2. The molecule has 28 heavy (non-hydrogen) atoms. The van der Waals surface area contributed by atoms with E-state index in [0.717, 1.165) is 16.9 Å². The fourth-order valence-electron chi connectivity index (χ4n) is 2.38. The molecular formula is C24H17F2NO. The number of ether oxygens (including phenoxy) is 1. The van der Waals surface area contributed by atoms with E-state index in [1.807, 2.05) is 24.3 Å². The summed E-state index contributed by atoms with van der Waals surface area (Å²) in [5, 5.41) is 0. The van der Waals surface area contributed by atoms with Crippen LogP contribution in [0.3, 0.4) is 0 Å². The number of benzene rings is 3. The smallest absolute Gasteiger partial charge is 0.123 e. The fraction of sp³-hybridized carbons (Fsp3) is 0.0417. The Labute approximate surface area is 162 Å². The molecule has 138 valence electrons. The van der Waals surface area contributed by atoms with E-state index >= 15 is 0 Å². The minimum Gasteiger partial charge on any atom is -0.497 e. The Hall–Kier alpha value is -3.71. The summed E-state index contributed by atoms with van der Waals surface area (Å²) in [6.45, 7) is 0. The molecule has 3 aromatic rings. The molecule has 0 fully saturated rings. The van der Waals surface area contributed by atoms with Gasteiger partial charge in [-0.2, -0.15) is 0 Å². The quantitative estimate of drug-likeness (QED) is 0.418. The van der Waals surface area contributed by atoms with Crippen molar-refractivity contribution in [3.63, 3.8) is 0 Å². The van der Waals surface area contributed by atoms with Crippen molar-refractivity contribution in [2.75, 3.05) is 7.11 Å². The second-order valence-electron chi connectivity index (χ2n) is 5.82. The summed E-state index contributed by atoms with van der Waals surface area (Å²) >= 11 is 0. The van der Waals surface area contributed by atoms with Crippen molar-refractivity contribution in [3.05, 3.63) is 102 Å². The Kier molecular flexibility index (Phi) is 6.33. The predicted molar refractivity (Wildman–Crippen MR) is 109 cm³/mol. The molecule has 0 radical (unpaired) electrons. The standard InChI is InChI=1S/C24H17F2NO/c1-28-23-16-8-19(9-17-23)24(27-22-14-12-21(26)13-15-22)5-3-2-4-18-6-10-20(25)11-7-18/h2,4,6-17H,1H3/b4-2+,27-24?. The highest BCUT2D eigenvalue weighted by molar-refractivity contribution is 6.14. The van der Waals surface area contributed by atoms with E-state index in [0.29, 0.717) is 11.4 Å². The monoisotopic (exact) mass is 373 g/mol. The van der Waals surface area contributed by atoms with E-state index in [-0.39, 0.29) is 11.6 Å². The van der Waals surface area contributed by atoms with Crippen molar-refractivity contribution in [1.29, 1.82) is 0 Å². The molecule has 0 saturated heterocycles. The van der Waals surface area contributed by atoms with Crippen LogP contribution >= 0.6 is 0 Å². The van der Waals surface area contributed by atoms with Crippen LogP contribution in [-0.4, -0.2) is 12.8 Å². The molecule has 0 heterocycles. The Morgan fingerprint density at radius 3 is 2.07 bits per heavy atom. The molecule has 2 nitrogen and oxygen atoms in total. The molecule has 0 atom stereocenters. The molecule has 0 saturated carbocycles. The molecule has 0 aliphatic carbocycles. The van der Waals surface area contributed by atoms with E-state index in [1.54, 1.807) is 43.5 Å². The van der Waals surface area contributed by atoms with Gasteiger partial charge in [0.1, 0.15) is 23.1 Å². The van der Waals surface area contributed by atoms with Crippen molar-refractivity contribution in [3.8, 4) is 17.6 Å². The van der Waals surface area contributed by atoms with Crippen LogP contribution in [-0.2, 0) is 0 Å². The van der Waals surface area contributed by atoms with Gasteiger partial charge in [0, 0.05) is 5.56 Å². The van der Waals surface area contributed by atoms with E-state index < -0.39 is 0 Å². The minimum absolute atomic E-state index is 0.281. The topological polar surface area (TPSA) is 21.6 Å². The first-order chi connectivity index (χ1) is 13.6. The lowest BCUT2D eigenvalue weighted by molar-refractivity contribution is 0.415. The molecule has 0 spiro atoms. The van der Waals surface area contributed by atoms with Gasteiger partial charge in [-0.25, -0.2) is 13.8 Å². The number of hydrogen-bond acceptors (Lipinski definition) is 2. The van der Waals surface area contributed by atoms with Crippen molar-refractivity contribution in [2.24, 2.45) is 4.99 Å². The summed E-state index contributed by atoms with van der Waals surface area (Å²) in [7, 11) is 1.60. The SMILES string of the molecule is COc1ccc(C(C#C/C=C/c2ccc(F)cc2)=Nc2ccc(F)cc2)cc1. The molecule has 3 aromatic carbocycles. The van der Waals surface area contributed by atoms with Crippen LogP contribution in [0.2, 0.25) is 0 Å². The molecule has 0 amide bonds. The highest BCUT2D eigenvalue weighted by Gasteiger charge is 2.02. The Morgan fingerprint density at radius 1 is 0.857 bits per heavy atom. The lowest BCUT2D eigenvalue weighted by Gasteiger charge is -2.03. The molecule has 0 aliphatic rings. The molecule has 0 N–H and O–H groups in total. The normalized spacial score (nSPS) is 11.2. The van der Waals surface area contributed by atoms with Crippen molar-refractivity contribution in [1.82, 2.24) is 0 Å². The van der Waals surface area contributed by atoms with E-state index in [4.69, 9.17) is 4.74 Å². The Morgan fingerprint density at radius 2 is 1.46 bits per heavy atom. The van der Waals surface area contributed by atoms with Crippen LogP contribution in [0.25, 0.3) is 6.08 Å². The first kappa shape index (κ1) is 19.1. The van der Waals surface area contributed by atoms with Crippen LogP contribution < -0.4 is 4.74 Å². The summed E-state index contributed by atoms with van der Waals surface area (Å²) in [4.78, 5) is 4.53. The average molecular weight is 373 g/mol. The Balaban J connectivity index is 1.89. The lowest BCUT2D eigenvalue weighted by atomic mass is 10.1. The molecule has 0 unspecified atom stereocenters. The third kappa shape index (κ3) is 5.39. The number of nitrogens with zero attached hydrogens (tertiary/aromatic N) is 1. The van der Waals surface area contributed by atoms with Gasteiger partial charge < -0.3 is 4.74 Å². The van der Waals surface area contributed by atoms with Crippen LogP contribution in [0.4, 0.5) is 14.5 Å². The van der Waals surface area contributed by atoms with Crippen LogP contribution in [0.1, 0.15) is 11.1 Å². The zero-order chi connectivity index (χ0) is 19.8. The number of rotatable bonds is 4. The number of allylic oxidation sites excluding steroid dienone is 1. The second-order valence-corrected chi connectivity index (χ2v) is 5.82. The summed E-state index contributed by atoms with van der Waals surface area (Å²) in [6, 6.07) is 19.4. The maximum atomic E-state index is 13.1. The van der Waals surface area contributed by atoms with Gasteiger partial charge in [-0.15, -0.1) is 0 Å². The van der Waals surface area contributed by atoms with Crippen LogP contribution in [0.5, 0.6) is 5.75 Å². The zero-order valence-corrected chi connectivity index (χ0v) is 15.2. The van der Waals surface area contributed by atoms with Gasteiger partial charge >= 0.3 is 0 Å². The summed E-state index contributed by atoms with van der Waals surface area (Å²) < 4.78 is 31.3. The van der Waals surface area contributed by atoms with Crippen LogP contribution in [0, 0.1) is 23.5 Å². The zero-order valence-electron chi connectivity index (χ0n) is 15.2. The van der Waals surface area contributed by atoms with Gasteiger partial charge in [-0.05, 0) is 84.3 Å². The van der Waals surface area contributed by atoms with Gasteiger partial charge in [0.05, 0.1) is 12.8 Å². The molecule has 4 heteroatoms. The molecule has 0 aliphatic heterocycles. The molecule has 0 aromatic heterocycles. The van der Waals surface area contributed by atoms with E-state index in [1.165, 1.54) is 24.3 Å². The fourth-order valence-corrected chi connectivity index (χ4v) is 2.38. The first-order valence-electron chi connectivity index (χ1n) is 8.56. The largest absolute Gasteiger partial charge is 0.497 e. The van der Waals surface area contributed by atoms with Gasteiger partial charge in [0.25, 0.3) is 0 Å². The summed E-state index contributed by atoms with van der Waals surface area (Å²) in [5.41, 5.74) is 2.80. The first-order valence-corrected chi connectivity index (χ1v) is 8.56. The molecule has 3 rings (SSSR count). The van der Waals surface area contributed by atoms with Gasteiger partial charge in [-0.1, -0.05) is 18.1 Å². The lowest BCUT2D eigenvalue weighted by Crippen LogP contribution is -1.97. The van der Waals surface area contributed by atoms with Gasteiger partial charge in [0.15, 0.2) is 0 Å². The number of methoxy groups -OCH3 is 1. The van der Waals surface area contributed by atoms with Crippen molar-refractivity contribution < 1.29 is 13.5 Å². The van der Waals surface area contributed by atoms with Crippen LogP contribution in [0.15, 0.2) is 83.9 Å². The Bertz CT molecular complexity index is 1040. The third-order valence-electron chi connectivity index (χ3n) is 3.85. The van der Waals surface area contributed by atoms with Gasteiger partial charge in [0.2, 0.25) is 0 Å². The molecular weight excluding hydrogens is 356 g/mol. The minimum atomic E-state index is -0.321. The van der Waals surface area contributed by atoms with E-state index in [2.05, 4.69) is 16.8 Å². The summed E-state index contributed by atoms with van der Waals surface area (Å²) in [6.07, 6.45) is 3.47. The highest BCUT2D eigenvalue weighted by Crippen LogP contribution is 2.17. The number of aliphatic imine (C=N–C) groups is 1. The maximum absolute atomic E-state index is 13.1. The molecule has 0 bridgehead atoms. The van der Waals surface area contributed by atoms with E-state index in [9.17, 15) is 8.78 Å². The maximum Gasteiger partial charge on any atom is 0.123 e. The van der Waals surface area contributed by atoms with Crippen molar-refractivity contribution in [2.45, 2.75) is 0 Å². The average Bonchev–Trinajstić information content (AvgIpc) is 2.73. The summed E-state index contributed by atoms with van der Waals surface area (Å²) in [5.74, 6) is 6.10. The number of hydrogen-bond donors (Lipinski definition) is 0. The van der Waals surface area contributed by atoms with Gasteiger partial charge in [-0.3, -0.25) is 0 Å². The second kappa shape index (κ2) is 9.29. The highest BCUT2D eigenvalue weighted by atomic mass is 19.1. The predicted octanol–water partition coefficient (Wildman–Crippen LogP) is 5.81. The van der Waals surface area contributed by atoms with Crippen molar-refractivity contribution >= 4 is 17.5 Å². The third-order valence-corrected chi connectivity index (χ3v) is 3.85.